The Balaban J connectivity index is 5.36. The molecule has 0 rings (SSSR count). The molecule has 0 saturated heterocycles. The SMILES string of the molecule is CCOC(=O)C(CCCS)(CC(S)CS)C(=O)OCC. The highest BCUT2D eigenvalue weighted by Crippen LogP contribution is 2.35. The predicted molar refractivity (Wildman–Crippen MR) is 90.0 cm³/mol. The molecule has 0 heterocycles. The van der Waals surface area contributed by atoms with E-state index in [0.717, 1.165) is 0 Å². The van der Waals surface area contributed by atoms with Crippen molar-refractivity contribution in [1.29, 1.82) is 0 Å². The van der Waals surface area contributed by atoms with Crippen LogP contribution in [-0.4, -0.2) is 41.9 Å². The van der Waals surface area contributed by atoms with Gasteiger partial charge in [0.1, 0.15) is 0 Å². The van der Waals surface area contributed by atoms with E-state index >= 15 is 0 Å². The molecule has 0 amide bonds. The number of hydrogen-bond donors (Lipinski definition) is 3. The minimum atomic E-state index is -1.30. The lowest BCUT2D eigenvalue weighted by Gasteiger charge is -2.30. The number of esters is 2. The molecule has 0 aliphatic rings. The fraction of sp³-hybridized carbons (Fsp3) is 0.846. The summed E-state index contributed by atoms with van der Waals surface area (Å²) in [5.41, 5.74) is -1.30. The standard InChI is InChI=1S/C13H24O4S3/c1-3-16-11(14)13(6-5-7-18,8-10(20)9-19)12(15)17-4-2/h10,18-20H,3-9H2,1-2H3. The average Bonchev–Trinajstić information content (AvgIpc) is 2.43. The van der Waals surface area contributed by atoms with Crippen LogP contribution in [0.1, 0.15) is 33.1 Å². The van der Waals surface area contributed by atoms with Crippen LogP contribution in [0.25, 0.3) is 0 Å². The Kier molecular flexibility index (Phi) is 10.7. The van der Waals surface area contributed by atoms with Crippen LogP contribution >= 0.6 is 37.9 Å². The molecule has 0 saturated carbocycles. The largest absolute Gasteiger partial charge is 0.465 e. The zero-order valence-electron chi connectivity index (χ0n) is 12.0. The molecular formula is C13H24O4S3. The molecule has 0 spiro atoms. The van der Waals surface area contributed by atoms with E-state index in [-0.39, 0.29) is 24.9 Å². The van der Waals surface area contributed by atoms with Crippen molar-refractivity contribution in [2.75, 3.05) is 24.7 Å². The number of thiol groups is 3. The van der Waals surface area contributed by atoms with Gasteiger partial charge in [-0.15, -0.1) is 0 Å². The van der Waals surface area contributed by atoms with Crippen LogP contribution < -0.4 is 0 Å². The second-order valence-electron chi connectivity index (χ2n) is 4.39. The van der Waals surface area contributed by atoms with E-state index in [4.69, 9.17) is 9.47 Å². The topological polar surface area (TPSA) is 52.6 Å². The minimum absolute atomic E-state index is 0.188. The Morgan fingerprint density at radius 2 is 1.60 bits per heavy atom. The first-order valence-electron chi connectivity index (χ1n) is 6.72. The van der Waals surface area contributed by atoms with Crippen molar-refractivity contribution in [2.24, 2.45) is 5.41 Å². The number of rotatable bonds is 10. The molecule has 0 radical (unpaired) electrons. The van der Waals surface area contributed by atoms with E-state index in [1.54, 1.807) is 13.8 Å². The highest BCUT2D eigenvalue weighted by molar-refractivity contribution is 7.84. The zero-order chi connectivity index (χ0) is 15.6. The molecule has 0 aromatic heterocycles. The van der Waals surface area contributed by atoms with Crippen molar-refractivity contribution >= 4 is 49.8 Å². The summed E-state index contributed by atoms with van der Waals surface area (Å²) in [4.78, 5) is 24.7. The first kappa shape index (κ1) is 20.0. The van der Waals surface area contributed by atoms with Crippen LogP contribution in [-0.2, 0) is 19.1 Å². The number of ether oxygens (including phenoxy) is 2. The van der Waals surface area contributed by atoms with Gasteiger partial charge in [0, 0.05) is 11.0 Å². The average molecular weight is 341 g/mol. The van der Waals surface area contributed by atoms with Gasteiger partial charge in [0.2, 0.25) is 0 Å². The fourth-order valence-corrected chi connectivity index (χ4v) is 2.54. The van der Waals surface area contributed by atoms with Crippen molar-refractivity contribution in [3.8, 4) is 0 Å². The van der Waals surface area contributed by atoms with Gasteiger partial charge < -0.3 is 9.47 Å². The monoisotopic (exact) mass is 340 g/mol. The number of carbonyl (C=O) groups is 2. The lowest BCUT2D eigenvalue weighted by molar-refractivity contribution is -0.173. The quantitative estimate of drug-likeness (QED) is 0.325. The van der Waals surface area contributed by atoms with Crippen LogP contribution in [0.4, 0.5) is 0 Å². The molecule has 20 heavy (non-hydrogen) atoms. The van der Waals surface area contributed by atoms with Crippen LogP contribution in [0.3, 0.4) is 0 Å². The van der Waals surface area contributed by atoms with Gasteiger partial charge in [-0.05, 0) is 38.9 Å². The molecule has 1 unspecified atom stereocenters. The van der Waals surface area contributed by atoms with Gasteiger partial charge >= 0.3 is 11.9 Å². The Bertz CT molecular complexity index is 292. The summed E-state index contributed by atoms with van der Waals surface area (Å²) in [5.74, 6) is -0.0365. The second-order valence-corrected chi connectivity index (χ2v) is 5.93. The minimum Gasteiger partial charge on any atom is -0.465 e. The van der Waals surface area contributed by atoms with E-state index in [1.165, 1.54) is 0 Å². The molecule has 0 aliphatic heterocycles. The molecule has 0 aromatic carbocycles. The van der Waals surface area contributed by atoms with Crippen molar-refractivity contribution in [1.82, 2.24) is 0 Å². The van der Waals surface area contributed by atoms with E-state index in [9.17, 15) is 9.59 Å². The first-order valence-corrected chi connectivity index (χ1v) is 8.50. The normalized spacial score (nSPS) is 12.8. The summed E-state index contributed by atoms with van der Waals surface area (Å²) >= 11 is 12.7. The highest BCUT2D eigenvalue weighted by atomic mass is 32.1. The van der Waals surface area contributed by atoms with E-state index in [0.29, 0.717) is 24.3 Å². The number of carbonyl (C=O) groups excluding carboxylic acids is 2. The van der Waals surface area contributed by atoms with E-state index < -0.39 is 17.4 Å². The third kappa shape index (κ3) is 5.77. The summed E-state index contributed by atoms with van der Waals surface area (Å²) in [6.07, 6.45) is 1.22. The predicted octanol–water partition coefficient (Wildman–Crippen LogP) is 2.43. The summed E-state index contributed by atoms with van der Waals surface area (Å²) in [5, 5.41) is -0.188. The maximum absolute atomic E-state index is 12.3. The summed E-state index contributed by atoms with van der Waals surface area (Å²) < 4.78 is 10.2. The lowest BCUT2D eigenvalue weighted by Crippen LogP contribution is -2.44. The van der Waals surface area contributed by atoms with Crippen molar-refractivity contribution in [3.63, 3.8) is 0 Å². The Hall–Kier alpha value is -0.0100. The Labute approximate surface area is 137 Å². The Morgan fingerprint density at radius 3 is 1.95 bits per heavy atom. The maximum atomic E-state index is 12.3. The first-order chi connectivity index (χ1) is 9.48. The molecule has 0 N–H and O–H groups in total. The zero-order valence-corrected chi connectivity index (χ0v) is 14.7. The maximum Gasteiger partial charge on any atom is 0.323 e. The second kappa shape index (κ2) is 10.7. The number of hydrogen-bond acceptors (Lipinski definition) is 7. The molecule has 118 valence electrons. The summed E-state index contributed by atoms with van der Waals surface area (Å²) in [6, 6.07) is 0. The molecular weight excluding hydrogens is 316 g/mol. The van der Waals surface area contributed by atoms with E-state index in [2.05, 4.69) is 37.9 Å². The van der Waals surface area contributed by atoms with Gasteiger partial charge in [0.15, 0.2) is 5.41 Å². The van der Waals surface area contributed by atoms with Gasteiger partial charge in [0.05, 0.1) is 13.2 Å². The van der Waals surface area contributed by atoms with Crippen LogP contribution in [0.2, 0.25) is 0 Å². The van der Waals surface area contributed by atoms with Gasteiger partial charge in [-0.1, -0.05) is 0 Å². The molecule has 0 fully saturated rings. The molecule has 0 bridgehead atoms. The third-order valence-corrected chi connectivity index (χ3v) is 4.30. The molecule has 0 aliphatic carbocycles. The molecule has 4 nitrogen and oxygen atoms in total. The van der Waals surface area contributed by atoms with Crippen molar-refractivity contribution in [3.05, 3.63) is 0 Å². The Morgan fingerprint density at radius 1 is 1.10 bits per heavy atom. The van der Waals surface area contributed by atoms with Crippen molar-refractivity contribution < 1.29 is 19.1 Å². The van der Waals surface area contributed by atoms with Gasteiger partial charge in [-0.2, -0.15) is 37.9 Å². The van der Waals surface area contributed by atoms with Crippen LogP contribution in [0.5, 0.6) is 0 Å². The fourth-order valence-electron chi connectivity index (χ4n) is 1.94. The van der Waals surface area contributed by atoms with Gasteiger partial charge in [-0.25, -0.2) is 0 Å². The van der Waals surface area contributed by atoms with Crippen LogP contribution in [0.15, 0.2) is 0 Å². The molecule has 7 heteroatoms. The van der Waals surface area contributed by atoms with E-state index in [1.807, 2.05) is 0 Å². The lowest BCUT2D eigenvalue weighted by atomic mass is 9.79. The third-order valence-electron chi connectivity index (χ3n) is 2.89. The highest BCUT2D eigenvalue weighted by Gasteiger charge is 2.49. The van der Waals surface area contributed by atoms with Gasteiger partial charge in [0.25, 0.3) is 0 Å². The van der Waals surface area contributed by atoms with Crippen LogP contribution in [0, 0.1) is 5.41 Å². The molecule has 1 atom stereocenters. The summed E-state index contributed by atoms with van der Waals surface area (Å²) in [6.45, 7) is 3.87. The van der Waals surface area contributed by atoms with Gasteiger partial charge in [-0.3, -0.25) is 9.59 Å². The smallest absolute Gasteiger partial charge is 0.323 e. The molecule has 0 aromatic rings. The summed E-state index contributed by atoms with van der Waals surface area (Å²) in [7, 11) is 0. The van der Waals surface area contributed by atoms with Crippen molar-refractivity contribution in [2.45, 2.75) is 38.4 Å².